The zero-order valence-corrected chi connectivity index (χ0v) is 13.3. The van der Waals surface area contributed by atoms with Gasteiger partial charge in [0.15, 0.2) is 5.78 Å². The fraction of sp³-hybridized carbons (Fsp3) is 0.333. The lowest BCUT2D eigenvalue weighted by atomic mass is 10.1. The van der Waals surface area contributed by atoms with Crippen molar-refractivity contribution in [3.8, 4) is 5.75 Å². The van der Waals surface area contributed by atoms with Gasteiger partial charge in [0, 0.05) is 5.57 Å². The smallest absolute Gasteiger partial charge is 0.333 e. The number of carbonyl (C=O) groups is 2. The highest BCUT2D eigenvalue weighted by atomic mass is 16.6. The van der Waals surface area contributed by atoms with Crippen LogP contribution in [0.3, 0.4) is 0 Å². The molecule has 1 aromatic rings. The summed E-state index contributed by atoms with van der Waals surface area (Å²) in [4.78, 5) is 23.4. The molecule has 0 N–H and O–H groups in total. The Morgan fingerprint density at radius 2 is 1.68 bits per heavy atom. The van der Waals surface area contributed by atoms with Gasteiger partial charge in [0.05, 0.1) is 6.42 Å². The fourth-order valence-corrected chi connectivity index (χ4v) is 1.59. The maximum Gasteiger partial charge on any atom is 0.333 e. The van der Waals surface area contributed by atoms with Crippen molar-refractivity contribution in [2.24, 2.45) is 0 Å². The molecule has 0 radical (unpaired) electrons. The highest BCUT2D eigenvalue weighted by molar-refractivity contribution is 5.94. The molecule has 0 aliphatic rings. The normalized spacial score (nSPS) is 11.4. The quantitative estimate of drug-likeness (QED) is 0.545. The number of esters is 1. The number of Topliss-reactive ketones (excluding diaryl/α,β-unsaturated/α-hetero) is 1. The number of hydrogen-bond donors (Lipinski definition) is 0. The summed E-state index contributed by atoms with van der Waals surface area (Å²) >= 11 is 0. The van der Waals surface area contributed by atoms with Gasteiger partial charge >= 0.3 is 5.97 Å². The Bertz CT molecular complexity index is 541. The summed E-state index contributed by atoms with van der Waals surface area (Å²) < 4.78 is 10.8. The third kappa shape index (κ3) is 5.95. The highest BCUT2D eigenvalue weighted by Crippen LogP contribution is 2.14. The van der Waals surface area contributed by atoms with Crippen LogP contribution in [-0.2, 0) is 14.3 Å². The van der Waals surface area contributed by atoms with Crippen molar-refractivity contribution < 1.29 is 19.1 Å². The third-order valence-electron chi connectivity index (χ3n) is 2.97. The largest absolute Gasteiger partial charge is 0.490 e. The van der Waals surface area contributed by atoms with Gasteiger partial charge in [0.2, 0.25) is 0 Å². The van der Waals surface area contributed by atoms with Crippen LogP contribution in [0.1, 0.15) is 25.8 Å². The molecule has 22 heavy (non-hydrogen) atoms. The van der Waals surface area contributed by atoms with Crippen molar-refractivity contribution in [1.82, 2.24) is 0 Å². The van der Waals surface area contributed by atoms with Crippen LogP contribution in [0, 0.1) is 6.92 Å². The molecule has 4 heteroatoms. The van der Waals surface area contributed by atoms with Crippen molar-refractivity contribution in [1.29, 1.82) is 0 Å². The molecule has 0 amide bonds. The lowest BCUT2D eigenvalue weighted by molar-refractivity contribution is -0.146. The Morgan fingerprint density at radius 1 is 1.09 bits per heavy atom. The summed E-state index contributed by atoms with van der Waals surface area (Å²) in [6.45, 7) is 12.4. The van der Waals surface area contributed by atoms with E-state index in [1.807, 2.05) is 31.2 Å². The van der Waals surface area contributed by atoms with Gasteiger partial charge in [-0.3, -0.25) is 4.79 Å². The summed E-state index contributed by atoms with van der Waals surface area (Å²) in [6, 6.07) is 7.49. The molecule has 1 aromatic carbocycles. The molecule has 1 unspecified atom stereocenters. The second-order valence-electron chi connectivity index (χ2n) is 5.34. The number of benzene rings is 1. The van der Waals surface area contributed by atoms with E-state index in [1.165, 1.54) is 0 Å². The van der Waals surface area contributed by atoms with E-state index >= 15 is 0 Å². The Kier molecular flexibility index (Phi) is 6.57. The first kappa shape index (κ1) is 17.7. The average molecular weight is 302 g/mol. The number of aryl methyl sites for hydroxylation is 1. The maximum absolute atomic E-state index is 11.8. The van der Waals surface area contributed by atoms with E-state index in [1.54, 1.807) is 13.8 Å². The van der Waals surface area contributed by atoms with Gasteiger partial charge in [-0.2, -0.15) is 0 Å². The number of hydrogen-bond acceptors (Lipinski definition) is 4. The van der Waals surface area contributed by atoms with Gasteiger partial charge in [-0.1, -0.05) is 30.9 Å². The van der Waals surface area contributed by atoms with Crippen molar-refractivity contribution >= 4 is 11.8 Å². The van der Waals surface area contributed by atoms with Crippen molar-refractivity contribution in [2.45, 2.75) is 33.3 Å². The Hall–Kier alpha value is -2.36. The highest BCUT2D eigenvalue weighted by Gasteiger charge is 2.20. The van der Waals surface area contributed by atoms with Gasteiger partial charge in [-0.25, -0.2) is 4.79 Å². The van der Waals surface area contributed by atoms with E-state index in [9.17, 15) is 9.59 Å². The molecule has 0 aliphatic carbocycles. The summed E-state index contributed by atoms with van der Waals surface area (Å²) in [5, 5.41) is 0. The summed E-state index contributed by atoms with van der Waals surface area (Å²) in [5.41, 5.74) is 1.82. The zero-order chi connectivity index (χ0) is 16.7. The van der Waals surface area contributed by atoms with Gasteiger partial charge < -0.3 is 9.47 Å². The van der Waals surface area contributed by atoms with Crippen LogP contribution in [-0.4, -0.2) is 24.5 Å². The lowest BCUT2D eigenvalue weighted by Crippen LogP contribution is -2.28. The van der Waals surface area contributed by atoms with E-state index in [0.29, 0.717) is 11.3 Å². The third-order valence-corrected chi connectivity index (χ3v) is 2.97. The standard InChI is InChI=1S/C18H22O4/c1-12(2)17(19)10-16(22-18(20)13(3)4)11-21-15-8-6-14(5)7-9-15/h6-9,16H,1,3,10-11H2,2,4-5H3. The Morgan fingerprint density at radius 3 is 2.18 bits per heavy atom. The second-order valence-corrected chi connectivity index (χ2v) is 5.34. The van der Waals surface area contributed by atoms with Crippen molar-refractivity contribution in [3.63, 3.8) is 0 Å². The van der Waals surface area contributed by atoms with E-state index in [2.05, 4.69) is 13.2 Å². The molecular weight excluding hydrogens is 280 g/mol. The molecule has 0 spiro atoms. The summed E-state index contributed by atoms with van der Waals surface area (Å²) in [5.74, 6) is -0.0382. The molecule has 0 aromatic heterocycles. The number of allylic oxidation sites excluding steroid dienone is 1. The minimum absolute atomic E-state index is 0.0419. The first-order chi connectivity index (χ1) is 10.3. The molecule has 0 saturated carbocycles. The molecule has 118 valence electrons. The van der Waals surface area contributed by atoms with Gasteiger partial charge in [-0.15, -0.1) is 0 Å². The SMILES string of the molecule is C=C(C)C(=O)CC(COc1ccc(C)cc1)OC(=O)C(=C)C. The molecule has 0 aliphatic heterocycles. The zero-order valence-electron chi connectivity index (χ0n) is 13.3. The van der Waals surface area contributed by atoms with E-state index in [4.69, 9.17) is 9.47 Å². The number of ketones is 1. The average Bonchev–Trinajstić information content (AvgIpc) is 2.45. The molecule has 1 rings (SSSR count). The minimum Gasteiger partial charge on any atom is -0.490 e. The molecule has 0 fully saturated rings. The molecule has 0 heterocycles. The van der Waals surface area contributed by atoms with Crippen LogP contribution in [0.5, 0.6) is 5.75 Å². The van der Waals surface area contributed by atoms with Crippen molar-refractivity contribution in [3.05, 3.63) is 54.1 Å². The van der Waals surface area contributed by atoms with Gasteiger partial charge in [-0.05, 0) is 38.5 Å². The van der Waals surface area contributed by atoms with Gasteiger partial charge in [0.25, 0.3) is 0 Å². The first-order valence-electron chi connectivity index (χ1n) is 7.04. The lowest BCUT2D eigenvalue weighted by Gasteiger charge is -2.18. The van der Waals surface area contributed by atoms with Crippen LogP contribution in [0.4, 0.5) is 0 Å². The van der Waals surface area contributed by atoms with E-state index in [0.717, 1.165) is 5.56 Å². The van der Waals surface area contributed by atoms with Crippen LogP contribution < -0.4 is 4.74 Å². The summed E-state index contributed by atoms with van der Waals surface area (Å²) in [7, 11) is 0. The summed E-state index contributed by atoms with van der Waals surface area (Å²) in [6.07, 6.45) is -0.630. The number of carbonyl (C=O) groups excluding carboxylic acids is 2. The topological polar surface area (TPSA) is 52.6 Å². The molecule has 4 nitrogen and oxygen atoms in total. The Balaban J connectivity index is 2.69. The van der Waals surface area contributed by atoms with E-state index < -0.39 is 12.1 Å². The minimum atomic E-state index is -0.672. The van der Waals surface area contributed by atoms with Crippen LogP contribution in [0.25, 0.3) is 0 Å². The molecular formula is C18H22O4. The van der Waals surface area contributed by atoms with Crippen LogP contribution in [0.2, 0.25) is 0 Å². The predicted octanol–water partition coefficient (Wildman–Crippen LogP) is 3.40. The number of ether oxygens (including phenoxy) is 2. The molecule has 1 atom stereocenters. The fourth-order valence-electron chi connectivity index (χ4n) is 1.59. The predicted molar refractivity (Wildman–Crippen MR) is 85.8 cm³/mol. The van der Waals surface area contributed by atoms with Gasteiger partial charge in [0.1, 0.15) is 18.5 Å². The monoisotopic (exact) mass is 302 g/mol. The Labute approximate surface area is 131 Å². The maximum atomic E-state index is 11.8. The molecule has 0 bridgehead atoms. The first-order valence-corrected chi connectivity index (χ1v) is 7.04. The van der Waals surface area contributed by atoms with Crippen LogP contribution in [0.15, 0.2) is 48.6 Å². The second kappa shape index (κ2) is 8.17. The molecule has 0 saturated heterocycles. The number of rotatable bonds is 8. The van der Waals surface area contributed by atoms with Crippen LogP contribution >= 0.6 is 0 Å². The van der Waals surface area contributed by atoms with E-state index in [-0.39, 0.29) is 24.4 Å². The van der Waals surface area contributed by atoms with Crippen molar-refractivity contribution in [2.75, 3.05) is 6.61 Å².